The molecule has 0 saturated heterocycles. The number of sulfone groups is 1. The Hall–Kier alpha value is -4.11. The number of methoxy groups -OCH3 is 2. The van der Waals surface area contributed by atoms with Gasteiger partial charge in [-0.2, -0.15) is 0 Å². The van der Waals surface area contributed by atoms with Gasteiger partial charge in [-0.15, -0.1) is 0 Å². The van der Waals surface area contributed by atoms with Gasteiger partial charge < -0.3 is 19.8 Å². The van der Waals surface area contributed by atoms with Crippen LogP contribution in [0.3, 0.4) is 0 Å². The summed E-state index contributed by atoms with van der Waals surface area (Å²) < 4.78 is 37.0. The number of carbonyl (C=O) groups is 1. The van der Waals surface area contributed by atoms with E-state index >= 15 is 0 Å². The van der Waals surface area contributed by atoms with E-state index < -0.39 is 21.5 Å². The van der Waals surface area contributed by atoms with Gasteiger partial charge in [-0.05, 0) is 60.7 Å². The summed E-state index contributed by atoms with van der Waals surface area (Å²) >= 11 is 0. The van der Waals surface area contributed by atoms with Gasteiger partial charge in [0.2, 0.25) is 15.7 Å². The third-order valence-electron chi connectivity index (χ3n) is 5.09. The minimum atomic E-state index is -4.06. The van der Waals surface area contributed by atoms with Gasteiger partial charge in [0.05, 0.1) is 14.2 Å². The fourth-order valence-electron chi connectivity index (χ4n) is 3.38. The number of imidazole rings is 1. The Bertz CT molecular complexity index is 1380. The number of H-pyrrole nitrogens is 1. The van der Waals surface area contributed by atoms with Gasteiger partial charge in [0, 0.05) is 16.8 Å². The van der Waals surface area contributed by atoms with Crippen LogP contribution in [-0.4, -0.2) is 44.3 Å². The predicted octanol–water partition coefficient (Wildman–Crippen LogP) is 4.17. The smallest absolute Gasteiger partial charge is 0.240 e. The van der Waals surface area contributed by atoms with Gasteiger partial charge in [-0.3, -0.25) is 4.79 Å². The molecule has 0 bridgehead atoms. The van der Waals surface area contributed by atoms with Crippen LogP contribution in [0.25, 0.3) is 22.6 Å². The average molecular weight is 478 g/mol. The average Bonchev–Trinajstić information content (AvgIpc) is 3.31. The Balaban J connectivity index is 1.72. The van der Waals surface area contributed by atoms with Crippen molar-refractivity contribution >= 4 is 21.4 Å². The van der Waals surface area contributed by atoms with Crippen LogP contribution in [0.4, 0.5) is 5.69 Å². The van der Waals surface area contributed by atoms with E-state index in [1.165, 1.54) is 0 Å². The van der Waals surface area contributed by atoms with Gasteiger partial charge in [0.1, 0.15) is 28.8 Å². The lowest BCUT2D eigenvalue weighted by Gasteiger charge is -2.07. The van der Waals surface area contributed by atoms with Gasteiger partial charge in [0.15, 0.2) is 5.03 Å². The molecule has 3 aromatic carbocycles. The fourth-order valence-corrected chi connectivity index (χ4v) is 4.65. The topological polar surface area (TPSA) is 110 Å². The summed E-state index contributed by atoms with van der Waals surface area (Å²) in [5, 5.41) is 2.48. The first kappa shape index (κ1) is 23.1. The largest absolute Gasteiger partial charge is 0.497 e. The van der Waals surface area contributed by atoms with Crippen LogP contribution < -0.4 is 14.8 Å². The Kier molecular flexibility index (Phi) is 6.65. The summed E-state index contributed by atoms with van der Waals surface area (Å²) in [6, 6.07) is 22.6. The maximum Gasteiger partial charge on any atom is 0.240 e. The number of anilines is 1. The van der Waals surface area contributed by atoms with E-state index in [2.05, 4.69) is 15.3 Å². The van der Waals surface area contributed by atoms with E-state index in [1.54, 1.807) is 93.1 Å². The number of carbonyl (C=O) groups excluding carboxylic acids is 1. The van der Waals surface area contributed by atoms with E-state index in [1.807, 2.05) is 0 Å². The molecule has 0 aliphatic heterocycles. The molecule has 0 spiro atoms. The summed E-state index contributed by atoms with van der Waals surface area (Å²) in [5.41, 5.74) is 1.98. The van der Waals surface area contributed by atoms with E-state index in [0.29, 0.717) is 34.1 Å². The SMILES string of the molecule is COc1ccc(-c2nc(-c3ccc(OC)cc3)c(S(=O)(=O)CC(=O)Nc3ccccc3)[nH]2)cc1. The molecule has 1 heterocycles. The molecule has 9 heteroatoms. The molecule has 0 atom stereocenters. The van der Waals surface area contributed by atoms with Crippen molar-refractivity contribution in [2.75, 3.05) is 25.3 Å². The highest BCUT2D eigenvalue weighted by atomic mass is 32.2. The molecule has 2 N–H and O–H groups in total. The van der Waals surface area contributed by atoms with Crippen LogP contribution in [0.2, 0.25) is 0 Å². The molecule has 174 valence electrons. The van der Waals surface area contributed by atoms with Gasteiger partial charge in [-0.25, -0.2) is 13.4 Å². The monoisotopic (exact) mass is 477 g/mol. The standard InChI is InChI=1S/C25H23N3O5S/c1-32-20-12-8-17(9-13-20)23-25(28-24(27-23)18-10-14-21(33-2)15-11-18)34(30,31)16-22(29)26-19-6-4-3-5-7-19/h3-15H,16H2,1-2H3,(H,26,29)(H,27,28). The van der Waals surface area contributed by atoms with E-state index in [-0.39, 0.29) is 10.7 Å². The first-order chi connectivity index (χ1) is 16.4. The molecule has 0 aliphatic carbocycles. The normalized spacial score (nSPS) is 11.1. The quantitative estimate of drug-likeness (QED) is 0.394. The molecular weight excluding hydrogens is 454 g/mol. The van der Waals surface area contributed by atoms with Crippen molar-refractivity contribution in [3.63, 3.8) is 0 Å². The van der Waals surface area contributed by atoms with Crippen molar-refractivity contribution in [3.8, 4) is 34.1 Å². The molecule has 0 fully saturated rings. The fraction of sp³-hybridized carbons (Fsp3) is 0.120. The van der Waals surface area contributed by atoms with Crippen molar-refractivity contribution in [1.29, 1.82) is 0 Å². The Morgan fingerprint density at radius 2 is 1.41 bits per heavy atom. The second kappa shape index (κ2) is 9.80. The minimum Gasteiger partial charge on any atom is -0.497 e. The molecule has 1 amide bonds. The predicted molar refractivity (Wildman–Crippen MR) is 130 cm³/mol. The third-order valence-corrected chi connectivity index (χ3v) is 6.65. The molecule has 0 aliphatic rings. The third kappa shape index (κ3) is 5.10. The molecular formula is C25H23N3O5S. The summed E-state index contributed by atoms with van der Waals surface area (Å²) in [6.07, 6.45) is 0. The Morgan fingerprint density at radius 1 is 0.853 bits per heavy atom. The number of hydrogen-bond donors (Lipinski definition) is 2. The zero-order valence-corrected chi connectivity index (χ0v) is 19.4. The van der Waals surface area contributed by atoms with Crippen molar-refractivity contribution in [2.45, 2.75) is 5.03 Å². The maximum absolute atomic E-state index is 13.3. The molecule has 4 aromatic rings. The van der Waals surface area contributed by atoms with Crippen LogP contribution in [-0.2, 0) is 14.6 Å². The molecule has 1 aromatic heterocycles. The summed E-state index contributed by atoms with van der Waals surface area (Å²) in [6.45, 7) is 0. The molecule has 34 heavy (non-hydrogen) atoms. The number of benzene rings is 3. The number of aromatic nitrogens is 2. The highest BCUT2D eigenvalue weighted by Gasteiger charge is 2.27. The van der Waals surface area contributed by atoms with Crippen LogP contribution >= 0.6 is 0 Å². The molecule has 0 saturated carbocycles. The van der Waals surface area contributed by atoms with Crippen LogP contribution in [0.5, 0.6) is 11.5 Å². The minimum absolute atomic E-state index is 0.133. The highest BCUT2D eigenvalue weighted by molar-refractivity contribution is 7.92. The van der Waals surface area contributed by atoms with Crippen LogP contribution in [0, 0.1) is 0 Å². The van der Waals surface area contributed by atoms with Crippen molar-refractivity contribution in [1.82, 2.24) is 9.97 Å². The summed E-state index contributed by atoms with van der Waals surface area (Å²) in [4.78, 5) is 20.0. The zero-order chi connectivity index (χ0) is 24.1. The maximum atomic E-state index is 13.3. The summed E-state index contributed by atoms with van der Waals surface area (Å²) in [7, 11) is -0.948. The number of nitrogens with one attached hydrogen (secondary N) is 2. The van der Waals surface area contributed by atoms with Crippen molar-refractivity contribution in [3.05, 3.63) is 78.9 Å². The number of hydrogen-bond acceptors (Lipinski definition) is 6. The number of rotatable bonds is 8. The number of nitrogens with zero attached hydrogens (tertiary/aromatic N) is 1. The summed E-state index contributed by atoms with van der Waals surface area (Å²) in [5.74, 6) is 0.260. The Labute approximate surface area is 197 Å². The number of para-hydroxylation sites is 1. The Morgan fingerprint density at radius 3 is 1.97 bits per heavy atom. The molecule has 0 unspecified atom stereocenters. The van der Waals surface area contributed by atoms with Gasteiger partial charge >= 0.3 is 0 Å². The second-order valence-corrected chi connectivity index (χ2v) is 9.32. The lowest BCUT2D eigenvalue weighted by Crippen LogP contribution is -2.23. The van der Waals surface area contributed by atoms with E-state index in [4.69, 9.17) is 9.47 Å². The van der Waals surface area contributed by atoms with E-state index in [9.17, 15) is 13.2 Å². The van der Waals surface area contributed by atoms with Crippen molar-refractivity contribution < 1.29 is 22.7 Å². The van der Waals surface area contributed by atoms with Gasteiger partial charge in [0.25, 0.3) is 0 Å². The van der Waals surface area contributed by atoms with Crippen LogP contribution in [0.1, 0.15) is 0 Å². The van der Waals surface area contributed by atoms with Crippen LogP contribution in [0.15, 0.2) is 83.9 Å². The highest BCUT2D eigenvalue weighted by Crippen LogP contribution is 2.31. The lowest BCUT2D eigenvalue weighted by atomic mass is 10.1. The number of ether oxygens (including phenoxy) is 2. The first-order valence-electron chi connectivity index (χ1n) is 10.4. The first-order valence-corrected chi connectivity index (χ1v) is 12.0. The zero-order valence-electron chi connectivity index (χ0n) is 18.6. The molecule has 8 nitrogen and oxygen atoms in total. The van der Waals surface area contributed by atoms with Gasteiger partial charge in [-0.1, -0.05) is 18.2 Å². The lowest BCUT2D eigenvalue weighted by molar-refractivity contribution is -0.113. The van der Waals surface area contributed by atoms with E-state index in [0.717, 1.165) is 0 Å². The number of amides is 1. The number of aromatic amines is 1. The molecule has 0 radical (unpaired) electrons. The second-order valence-electron chi connectivity index (χ2n) is 7.39. The molecule has 4 rings (SSSR count). The van der Waals surface area contributed by atoms with Crippen molar-refractivity contribution in [2.24, 2.45) is 0 Å².